The molecule has 0 amide bonds. The predicted octanol–water partition coefficient (Wildman–Crippen LogP) is 5.17. The van der Waals surface area contributed by atoms with Gasteiger partial charge in [-0.25, -0.2) is 0 Å². The van der Waals surface area contributed by atoms with Gasteiger partial charge in [-0.2, -0.15) is 8.78 Å². The molecule has 116 valence electrons. The third-order valence-corrected chi connectivity index (χ3v) is 6.25. The summed E-state index contributed by atoms with van der Waals surface area (Å²) < 4.78 is 26.5. The van der Waals surface area contributed by atoms with Crippen LogP contribution in [0.5, 0.6) is 5.75 Å². The van der Waals surface area contributed by atoms with E-state index in [1.165, 1.54) is 11.1 Å². The second-order valence-corrected chi connectivity index (χ2v) is 7.21. The number of hydrogen-bond acceptors (Lipinski definition) is 1. The number of rotatable bonds is 0. The summed E-state index contributed by atoms with van der Waals surface area (Å²) in [4.78, 5) is 0. The van der Waals surface area contributed by atoms with Crippen molar-refractivity contribution < 1.29 is 13.9 Å². The van der Waals surface area contributed by atoms with Gasteiger partial charge in [0.1, 0.15) is 5.75 Å². The molecule has 1 N–H and O–H groups in total. The van der Waals surface area contributed by atoms with Crippen LogP contribution in [0.2, 0.25) is 0 Å². The summed E-state index contributed by atoms with van der Waals surface area (Å²) in [7, 11) is 0. The molecule has 1 aromatic rings. The van der Waals surface area contributed by atoms with E-state index in [9.17, 15) is 13.9 Å². The van der Waals surface area contributed by atoms with Gasteiger partial charge in [0.15, 0.2) is 0 Å². The van der Waals surface area contributed by atoms with Gasteiger partial charge in [0.05, 0.1) is 0 Å². The Balaban J connectivity index is 1.73. The molecule has 22 heavy (non-hydrogen) atoms. The molecule has 4 rings (SSSR count). The summed E-state index contributed by atoms with van der Waals surface area (Å²) in [5.74, 6) is 1.41. The Bertz CT molecular complexity index is 687. The SMILES string of the molecule is C[C@]12CC[C@@H]3c4ccc(O)cc4CC[C@H]3[C@@H]1C=CC2=C(F)F. The Labute approximate surface area is 129 Å². The van der Waals surface area contributed by atoms with Crippen LogP contribution in [-0.2, 0) is 6.42 Å². The predicted molar refractivity (Wildman–Crippen MR) is 81.9 cm³/mol. The van der Waals surface area contributed by atoms with E-state index in [0.29, 0.717) is 17.6 Å². The van der Waals surface area contributed by atoms with Crippen molar-refractivity contribution in [2.75, 3.05) is 0 Å². The van der Waals surface area contributed by atoms with E-state index in [1.54, 1.807) is 12.1 Å². The monoisotopic (exact) mass is 302 g/mol. The summed E-state index contributed by atoms with van der Waals surface area (Å²) in [5.41, 5.74) is 2.42. The van der Waals surface area contributed by atoms with E-state index in [0.717, 1.165) is 25.7 Å². The minimum Gasteiger partial charge on any atom is -0.508 e. The number of hydrogen-bond donors (Lipinski definition) is 1. The van der Waals surface area contributed by atoms with Gasteiger partial charge in [0.2, 0.25) is 0 Å². The lowest BCUT2D eigenvalue weighted by Crippen LogP contribution is -2.40. The number of halogens is 2. The molecule has 1 saturated carbocycles. The van der Waals surface area contributed by atoms with Crippen LogP contribution in [0.3, 0.4) is 0 Å². The maximum Gasteiger partial charge on any atom is 0.274 e. The van der Waals surface area contributed by atoms with Crippen molar-refractivity contribution in [3.05, 3.63) is 53.1 Å². The highest BCUT2D eigenvalue weighted by molar-refractivity contribution is 5.43. The zero-order valence-electron chi connectivity index (χ0n) is 12.7. The summed E-state index contributed by atoms with van der Waals surface area (Å²) in [6, 6.07) is 5.66. The van der Waals surface area contributed by atoms with Gasteiger partial charge in [-0.15, -0.1) is 0 Å². The molecule has 0 unspecified atom stereocenters. The van der Waals surface area contributed by atoms with Gasteiger partial charge in [-0.3, -0.25) is 0 Å². The first-order valence-electron chi connectivity index (χ1n) is 8.06. The molecule has 1 nitrogen and oxygen atoms in total. The molecule has 3 aliphatic carbocycles. The van der Waals surface area contributed by atoms with Crippen molar-refractivity contribution in [2.45, 2.75) is 38.5 Å². The Morgan fingerprint density at radius 1 is 1.27 bits per heavy atom. The number of benzene rings is 1. The van der Waals surface area contributed by atoms with Crippen LogP contribution in [0, 0.1) is 17.3 Å². The number of phenols is 1. The molecule has 0 aliphatic heterocycles. The minimum absolute atomic E-state index is 0.213. The molecule has 1 aromatic carbocycles. The summed E-state index contributed by atoms with van der Waals surface area (Å²) >= 11 is 0. The molecule has 3 heteroatoms. The van der Waals surface area contributed by atoms with E-state index in [4.69, 9.17) is 0 Å². The third kappa shape index (κ3) is 1.81. The highest BCUT2D eigenvalue weighted by Gasteiger charge is 2.51. The highest BCUT2D eigenvalue weighted by Crippen LogP contribution is 2.61. The molecule has 1 fully saturated rings. The van der Waals surface area contributed by atoms with Gasteiger partial charge in [0, 0.05) is 11.0 Å². The van der Waals surface area contributed by atoms with E-state index < -0.39 is 11.5 Å². The average molecular weight is 302 g/mol. The van der Waals surface area contributed by atoms with Crippen LogP contribution >= 0.6 is 0 Å². The van der Waals surface area contributed by atoms with Crippen LogP contribution in [0.4, 0.5) is 8.78 Å². The largest absolute Gasteiger partial charge is 0.508 e. The topological polar surface area (TPSA) is 20.2 Å². The number of aromatic hydroxyl groups is 1. The van der Waals surface area contributed by atoms with Gasteiger partial charge < -0.3 is 5.11 Å². The van der Waals surface area contributed by atoms with Crippen LogP contribution in [0.15, 0.2) is 42.0 Å². The van der Waals surface area contributed by atoms with Crippen molar-refractivity contribution in [1.29, 1.82) is 0 Å². The Hall–Kier alpha value is -1.64. The van der Waals surface area contributed by atoms with E-state index in [2.05, 4.69) is 0 Å². The third-order valence-electron chi connectivity index (χ3n) is 6.25. The molecule has 3 aliphatic rings. The van der Waals surface area contributed by atoms with Gasteiger partial charge in [-0.1, -0.05) is 25.1 Å². The average Bonchev–Trinajstić information content (AvgIpc) is 2.84. The molecular formula is C19H20F2O. The Morgan fingerprint density at radius 3 is 2.86 bits per heavy atom. The van der Waals surface area contributed by atoms with Gasteiger partial charge >= 0.3 is 0 Å². The smallest absolute Gasteiger partial charge is 0.274 e. The first-order valence-corrected chi connectivity index (χ1v) is 8.06. The van der Waals surface area contributed by atoms with Crippen LogP contribution < -0.4 is 0 Å². The molecule has 0 aromatic heterocycles. The Morgan fingerprint density at radius 2 is 2.09 bits per heavy atom. The highest BCUT2D eigenvalue weighted by atomic mass is 19.3. The summed E-state index contributed by atoms with van der Waals surface area (Å²) in [6.07, 6.45) is 5.88. The second-order valence-electron chi connectivity index (χ2n) is 7.21. The lowest BCUT2D eigenvalue weighted by molar-refractivity contribution is 0.101. The molecular weight excluding hydrogens is 282 g/mol. The van der Waals surface area contributed by atoms with Crippen LogP contribution in [-0.4, -0.2) is 5.11 Å². The maximum atomic E-state index is 13.3. The normalized spacial score (nSPS) is 35.8. The summed E-state index contributed by atoms with van der Waals surface area (Å²) in [5, 5.41) is 9.67. The zero-order valence-corrected chi connectivity index (χ0v) is 12.7. The lowest BCUT2D eigenvalue weighted by Gasteiger charge is -2.49. The van der Waals surface area contributed by atoms with Gasteiger partial charge in [0.25, 0.3) is 6.08 Å². The van der Waals surface area contributed by atoms with Gasteiger partial charge in [-0.05, 0) is 66.7 Å². The second kappa shape index (κ2) is 4.68. The van der Waals surface area contributed by atoms with Crippen molar-refractivity contribution >= 4 is 0 Å². The van der Waals surface area contributed by atoms with Crippen LogP contribution in [0.25, 0.3) is 0 Å². The summed E-state index contributed by atoms with van der Waals surface area (Å²) in [6.45, 7) is 2.01. The number of fused-ring (bicyclic) bond motifs is 5. The maximum absolute atomic E-state index is 13.3. The number of allylic oxidation sites excluding steroid dienone is 3. The zero-order chi connectivity index (χ0) is 15.5. The molecule has 0 saturated heterocycles. The Kier molecular flexibility index (Phi) is 2.97. The van der Waals surface area contributed by atoms with E-state index in [1.807, 2.05) is 25.1 Å². The minimum atomic E-state index is -1.51. The first kappa shape index (κ1) is 14.0. The molecule has 4 atom stereocenters. The fraction of sp³-hybridized carbons (Fsp3) is 0.474. The van der Waals surface area contributed by atoms with Crippen molar-refractivity contribution in [3.8, 4) is 5.75 Å². The molecule has 0 spiro atoms. The number of phenolic OH excluding ortho intramolecular Hbond substituents is 1. The van der Waals surface area contributed by atoms with Crippen molar-refractivity contribution in [1.82, 2.24) is 0 Å². The van der Waals surface area contributed by atoms with Crippen LogP contribution in [0.1, 0.15) is 43.2 Å². The van der Waals surface area contributed by atoms with Crippen molar-refractivity contribution in [3.63, 3.8) is 0 Å². The van der Waals surface area contributed by atoms with Crippen molar-refractivity contribution in [2.24, 2.45) is 17.3 Å². The fourth-order valence-electron chi connectivity index (χ4n) is 5.16. The first-order chi connectivity index (χ1) is 10.5. The molecule has 0 radical (unpaired) electrons. The molecule has 0 heterocycles. The number of aryl methyl sites for hydroxylation is 1. The molecule has 0 bridgehead atoms. The fourth-order valence-corrected chi connectivity index (χ4v) is 5.16. The van der Waals surface area contributed by atoms with E-state index >= 15 is 0 Å². The lowest BCUT2D eigenvalue weighted by atomic mass is 9.55. The standard InChI is InChI=1S/C19H20F2O/c1-19-9-8-14-13-5-3-12(22)10-11(13)2-4-15(14)16(19)6-7-17(19)18(20)21/h3,5-7,10,14-16,22H,2,4,8-9H2,1H3/t14-,15-,16+,19+/m1/s1. The van der Waals surface area contributed by atoms with E-state index in [-0.39, 0.29) is 11.5 Å². The quantitative estimate of drug-likeness (QED) is 0.700.